The molecule has 0 aliphatic carbocycles. The molecule has 4 nitrogen and oxygen atoms in total. The standard InChI is InChI=1S/C7H17N3O/c1-2-3-4-5-9-6-7(11)10-8/h9H,2-6,8H2,1H3,(H,10,11)/i5D/t5-/m1/s1. The van der Waals surface area contributed by atoms with Gasteiger partial charge in [-0.05, 0) is 12.9 Å². The van der Waals surface area contributed by atoms with Crippen LogP contribution < -0.4 is 16.6 Å². The molecule has 0 saturated heterocycles. The number of amides is 1. The highest BCUT2D eigenvalue weighted by Gasteiger charge is 1.94. The fourth-order valence-corrected chi connectivity index (χ4v) is 0.624. The number of hydrazine groups is 1. The van der Waals surface area contributed by atoms with Crippen LogP contribution in [0.3, 0.4) is 0 Å². The molecule has 0 unspecified atom stereocenters. The summed E-state index contributed by atoms with van der Waals surface area (Å²) >= 11 is 0. The molecular formula is C7H17N3O. The van der Waals surface area contributed by atoms with Crippen molar-refractivity contribution in [2.24, 2.45) is 5.84 Å². The van der Waals surface area contributed by atoms with E-state index < -0.39 is 0 Å². The molecule has 4 N–H and O–H groups in total. The summed E-state index contributed by atoms with van der Waals surface area (Å²) in [7, 11) is 0. The summed E-state index contributed by atoms with van der Waals surface area (Å²) in [5.41, 5.74) is 1.99. The van der Waals surface area contributed by atoms with E-state index in [9.17, 15) is 4.79 Å². The van der Waals surface area contributed by atoms with Crippen molar-refractivity contribution in [3.8, 4) is 0 Å². The molecule has 66 valence electrons. The van der Waals surface area contributed by atoms with Crippen molar-refractivity contribution < 1.29 is 6.17 Å². The van der Waals surface area contributed by atoms with E-state index in [0.29, 0.717) is 0 Å². The van der Waals surface area contributed by atoms with Gasteiger partial charge in [0.2, 0.25) is 5.91 Å². The van der Waals surface area contributed by atoms with Gasteiger partial charge in [-0.1, -0.05) is 19.8 Å². The minimum Gasteiger partial charge on any atom is -0.308 e. The van der Waals surface area contributed by atoms with Crippen LogP contribution in [0.2, 0.25) is 0 Å². The molecule has 1 atom stereocenters. The Morgan fingerprint density at radius 1 is 1.64 bits per heavy atom. The predicted molar refractivity (Wildman–Crippen MR) is 44.7 cm³/mol. The summed E-state index contributed by atoms with van der Waals surface area (Å²) in [6, 6.07) is 0. The molecule has 0 heterocycles. The monoisotopic (exact) mass is 160 g/mol. The van der Waals surface area contributed by atoms with Crippen molar-refractivity contribution >= 4 is 5.91 Å². The first-order valence-corrected chi connectivity index (χ1v) is 3.85. The maximum absolute atomic E-state index is 10.6. The number of hydrogen-bond acceptors (Lipinski definition) is 3. The molecule has 4 heteroatoms. The van der Waals surface area contributed by atoms with Crippen molar-refractivity contribution in [3.63, 3.8) is 0 Å². The Bertz CT molecular complexity index is 132. The number of hydrogen-bond donors (Lipinski definition) is 3. The van der Waals surface area contributed by atoms with Crippen LogP contribution in [0.15, 0.2) is 0 Å². The van der Waals surface area contributed by atoms with E-state index in [1.165, 1.54) is 0 Å². The molecular weight excluding hydrogens is 142 g/mol. The van der Waals surface area contributed by atoms with Crippen molar-refractivity contribution in [3.05, 3.63) is 0 Å². The molecule has 0 rings (SSSR count). The van der Waals surface area contributed by atoms with Crippen molar-refractivity contribution in [1.82, 2.24) is 10.7 Å². The minimum atomic E-state index is -0.359. The average Bonchev–Trinajstić information content (AvgIpc) is 2.10. The first-order valence-electron chi connectivity index (χ1n) is 4.43. The fourth-order valence-electron chi connectivity index (χ4n) is 0.624. The van der Waals surface area contributed by atoms with Gasteiger partial charge < -0.3 is 5.32 Å². The van der Waals surface area contributed by atoms with E-state index in [1.807, 2.05) is 5.43 Å². The molecule has 0 radical (unpaired) electrons. The van der Waals surface area contributed by atoms with Gasteiger partial charge in [0.05, 0.1) is 6.54 Å². The predicted octanol–water partition coefficient (Wildman–Crippen LogP) is -0.244. The fraction of sp³-hybridized carbons (Fsp3) is 0.857. The zero-order valence-corrected chi connectivity index (χ0v) is 6.89. The van der Waals surface area contributed by atoms with Crippen LogP contribution in [0.1, 0.15) is 27.6 Å². The van der Waals surface area contributed by atoms with Crippen molar-refractivity contribution in [1.29, 1.82) is 0 Å². The largest absolute Gasteiger partial charge is 0.308 e. The topological polar surface area (TPSA) is 67.2 Å². The SMILES string of the molecule is [2H][C@H](CCCC)NCC(=O)NN. The third-order valence-electron chi connectivity index (χ3n) is 1.27. The number of carbonyl (C=O) groups excluding carboxylic acids is 1. The molecule has 0 aromatic heterocycles. The lowest BCUT2D eigenvalue weighted by atomic mass is 10.2. The van der Waals surface area contributed by atoms with E-state index in [0.717, 1.165) is 19.3 Å². The van der Waals surface area contributed by atoms with Gasteiger partial charge >= 0.3 is 0 Å². The molecule has 0 fully saturated rings. The molecule has 0 saturated carbocycles. The number of unbranched alkanes of at least 4 members (excludes halogenated alkanes) is 1. The summed E-state index contributed by atoms with van der Waals surface area (Å²) in [4.78, 5) is 10.6. The highest BCUT2D eigenvalue weighted by Crippen LogP contribution is 1.90. The molecule has 0 aliphatic rings. The summed E-state index contributed by atoms with van der Waals surface area (Å²) < 4.78 is 7.41. The molecule has 0 aromatic rings. The number of nitrogens with two attached hydrogens (primary N) is 1. The van der Waals surface area contributed by atoms with Crippen LogP contribution >= 0.6 is 0 Å². The zero-order chi connectivity index (χ0) is 9.40. The Morgan fingerprint density at radius 2 is 2.36 bits per heavy atom. The van der Waals surface area contributed by atoms with Gasteiger partial charge in [0.1, 0.15) is 0 Å². The van der Waals surface area contributed by atoms with Gasteiger partial charge in [-0.3, -0.25) is 10.2 Å². The second-order valence-electron chi connectivity index (χ2n) is 2.29. The van der Waals surface area contributed by atoms with Crippen LogP contribution in [0.4, 0.5) is 0 Å². The summed E-state index contributed by atoms with van der Waals surface area (Å²) in [6.07, 6.45) is 2.85. The van der Waals surface area contributed by atoms with E-state index in [1.54, 1.807) is 0 Å². The van der Waals surface area contributed by atoms with Crippen LogP contribution in [0, 0.1) is 0 Å². The normalized spacial score (nSPS) is 13.8. The van der Waals surface area contributed by atoms with E-state index in [-0.39, 0.29) is 19.0 Å². The summed E-state index contributed by atoms with van der Waals surface area (Å²) in [5, 5.41) is 2.74. The Hall–Kier alpha value is -0.610. The quantitative estimate of drug-likeness (QED) is 0.285. The average molecular weight is 160 g/mol. The Labute approximate surface area is 68.9 Å². The maximum atomic E-state index is 10.6. The van der Waals surface area contributed by atoms with E-state index in [4.69, 9.17) is 7.21 Å². The smallest absolute Gasteiger partial charge is 0.247 e. The van der Waals surface area contributed by atoms with Gasteiger partial charge in [0.15, 0.2) is 0 Å². The molecule has 0 aromatic carbocycles. The lowest BCUT2D eigenvalue weighted by Crippen LogP contribution is -2.38. The first-order chi connectivity index (χ1) is 5.70. The van der Waals surface area contributed by atoms with E-state index in [2.05, 4.69) is 12.2 Å². The number of nitrogens with one attached hydrogen (secondary N) is 2. The third kappa shape index (κ3) is 7.29. The van der Waals surface area contributed by atoms with E-state index >= 15 is 0 Å². The first kappa shape index (κ1) is 8.49. The van der Waals surface area contributed by atoms with Gasteiger partial charge in [0, 0.05) is 1.37 Å². The zero-order valence-electron chi connectivity index (χ0n) is 7.89. The van der Waals surface area contributed by atoms with Gasteiger partial charge in [-0.2, -0.15) is 0 Å². The summed E-state index contributed by atoms with van der Waals surface area (Å²) in [5.74, 6) is 4.57. The molecule has 11 heavy (non-hydrogen) atoms. The second-order valence-corrected chi connectivity index (χ2v) is 2.29. The maximum Gasteiger partial charge on any atom is 0.247 e. The number of carbonyl (C=O) groups is 1. The highest BCUT2D eigenvalue weighted by atomic mass is 16.2. The summed E-state index contributed by atoms with van der Waals surface area (Å²) in [6.45, 7) is 1.83. The lowest BCUT2D eigenvalue weighted by molar-refractivity contribution is -0.120. The highest BCUT2D eigenvalue weighted by molar-refractivity contribution is 5.77. The Kier molecular flexibility index (Phi) is 5.78. The van der Waals surface area contributed by atoms with Crippen LogP contribution in [0.5, 0.6) is 0 Å². The van der Waals surface area contributed by atoms with Gasteiger partial charge in [-0.15, -0.1) is 0 Å². The van der Waals surface area contributed by atoms with Crippen LogP contribution in [-0.2, 0) is 4.79 Å². The van der Waals surface area contributed by atoms with Crippen molar-refractivity contribution in [2.75, 3.05) is 13.1 Å². The van der Waals surface area contributed by atoms with Crippen LogP contribution in [-0.4, -0.2) is 19.0 Å². The van der Waals surface area contributed by atoms with Crippen molar-refractivity contribution in [2.45, 2.75) is 26.2 Å². The lowest BCUT2D eigenvalue weighted by Gasteiger charge is -2.01. The van der Waals surface area contributed by atoms with Crippen LogP contribution in [0.25, 0.3) is 0 Å². The Balaban J connectivity index is 3.30. The van der Waals surface area contributed by atoms with Gasteiger partial charge in [0.25, 0.3) is 0 Å². The third-order valence-corrected chi connectivity index (χ3v) is 1.27. The van der Waals surface area contributed by atoms with Gasteiger partial charge in [-0.25, -0.2) is 5.84 Å². The second kappa shape index (κ2) is 7.50. The molecule has 0 spiro atoms. The number of rotatable bonds is 6. The molecule has 0 aliphatic heterocycles. The minimum absolute atomic E-state index is 0.119. The molecule has 1 amide bonds. The Morgan fingerprint density at radius 3 is 2.91 bits per heavy atom. The molecule has 0 bridgehead atoms.